The normalized spacial score (nSPS) is 25.0. The number of ether oxygens (including phenoxy) is 1. The fourth-order valence-corrected chi connectivity index (χ4v) is 2.86. The first kappa shape index (κ1) is 17.7. The number of β-lactam (4-membered cyclic amide) rings is 1. The number of halogens is 3. The van der Waals surface area contributed by atoms with Gasteiger partial charge in [-0.05, 0) is 26.2 Å². The molecule has 2 rings (SSSR count). The highest BCUT2D eigenvalue weighted by molar-refractivity contribution is 6.03. The zero-order chi connectivity index (χ0) is 17.4. The molecule has 2 atom stereocenters. The molecular formula is C15H20F3NO4. The van der Waals surface area contributed by atoms with Crippen molar-refractivity contribution in [2.75, 3.05) is 0 Å². The monoisotopic (exact) mass is 335 g/mol. The van der Waals surface area contributed by atoms with E-state index in [0.717, 1.165) is 19.8 Å². The third-order valence-corrected chi connectivity index (χ3v) is 4.87. The third-order valence-electron chi connectivity index (χ3n) is 4.87. The molecule has 0 aromatic heterocycles. The van der Waals surface area contributed by atoms with Gasteiger partial charge in [-0.3, -0.25) is 14.4 Å². The number of amides is 2. The van der Waals surface area contributed by atoms with E-state index in [1.807, 2.05) is 0 Å². The van der Waals surface area contributed by atoms with Crippen LogP contribution >= 0.6 is 0 Å². The summed E-state index contributed by atoms with van der Waals surface area (Å²) in [6, 6.07) is 0. The van der Waals surface area contributed by atoms with Crippen LogP contribution in [0.25, 0.3) is 0 Å². The van der Waals surface area contributed by atoms with E-state index in [1.54, 1.807) is 0 Å². The van der Waals surface area contributed by atoms with Crippen molar-refractivity contribution in [2.24, 2.45) is 11.3 Å². The number of carbonyl (C=O) groups is 3. The predicted octanol–water partition coefficient (Wildman–Crippen LogP) is 2.78. The van der Waals surface area contributed by atoms with Crippen molar-refractivity contribution < 1.29 is 32.3 Å². The Kier molecular flexibility index (Phi) is 4.73. The highest BCUT2D eigenvalue weighted by atomic mass is 19.4. The molecule has 5 nitrogen and oxygen atoms in total. The molecule has 0 aromatic rings. The Morgan fingerprint density at radius 1 is 1.26 bits per heavy atom. The summed E-state index contributed by atoms with van der Waals surface area (Å²) in [5, 5.41) is 0. The third kappa shape index (κ3) is 3.07. The molecule has 130 valence electrons. The predicted molar refractivity (Wildman–Crippen MR) is 72.8 cm³/mol. The van der Waals surface area contributed by atoms with Crippen molar-refractivity contribution in [1.29, 1.82) is 0 Å². The van der Waals surface area contributed by atoms with E-state index >= 15 is 0 Å². The van der Waals surface area contributed by atoms with Crippen molar-refractivity contribution in [3.05, 3.63) is 0 Å². The summed E-state index contributed by atoms with van der Waals surface area (Å²) < 4.78 is 44.6. The van der Waals surface area contributed by atoms with Gasteiger partial charge in [-0.15, -0.1) is 0 Å². The fraction of sp³-hybridized carbons (Fsp3) is 0.800. The minimum atomic E-state index is -4.78. The van der Waals surface area contributed by atoms with E-state index < -0.39 is 42.0 Å². The Hall–Kier alpha value is -1.60. The number of likely N-dealkylation sites (tertiary alicyclic amines) is 1. The maximum Gasteiger partial charge on any atom is 0.402 e. The van der Waals surface area contributed by atoms with Gasteiger partial charge < -0.3 is 4.74 Å². The van der Waals surface area contributed by atoms with E-state index in [9.17, 15) is 27.6 Å². The van der Waals surface area contributed by atoms with Gasteiger partial charge in [0.05, 0.1) is 12.3 Å². The molecule has 1 heterocycles. The van der Waals surface area contributed by atoms with E-state index in [2.05, 4.69) is 0 Å². The topological polar surface area (TPSA) is 63.7 Å². The highest BCUT2D eigenvalue weighted by Crippen LogP contribution is 2.44. The smallest absolute Gasteiger partial charge is 0.402 e. The van der Waals surface area contributed by atoms with Gasteiger partial charge in [-0.1, -0.05) is 19.8 Å². The molecular weight excluding hydrogens is 315 g/mol. The molecule has 2 unspecified atom stereocenters. The zero-order valence-electron chi connectivity index (χ0n) is 13.1. The second-order valence-corrected chi connectivity index (χ2v) is 6.33. The van der Waals surface area contributed by atoms with Gasteiger partial charge in [0.2, 0.25) is 11.8 Å². The molecule has 0 aromatic carbocycles. The van der Waals surface area contributed by atoms with Crippen molar-refractivity contribution in [2.45, 2.75) is 64.8 Å². The van der Waals surface area contributed by atoms with Crippen LogP contribution in [-0.4, -0.2) is 35.1 Å². The van der Waals surface area contributed by atoms with Gasteiger partial charge in [0, 0.05) is 0 Å². The van der Waals surface area contributed by atoms with Gasteiger partial charge in [-0.2, -0.15) is 13.2 Å². The molecule has 2 aliphatic rings. The molecule has 8 heteroatoms. The Bertz CT molecular complexity index is 513. The summed E-state index contributed by atoms with van der Waals surface area (Å²) in [6.45, 7) is 1.99. The second kappa shape index (κ2) is 6.13. The van der Waals surface area contributed by atoms with Crippen LogP contribution in [0.1, 0.15) is 52.4 Å². The molecule has 1 saturated carbocycles. The van der Waals surface area contributed by atoms with Crippen LogP contribution < -0.4 is 0 Å². The average Bonchev–Trinajstić information content (AvgIpc) is 2.98. The molecule has 1 aliphatic heterocycles. The zero-order valence-corrected chi connectivity index (χ0v) is 13.1. The molecule has 1 saturated heterocycles. The molecule has 0 bridgehead atoms. The molecule has 0 spiro atoms. The van der Waals surface area contributed by atoms with Crippen molar-refractivity contribution >= 4 is 17.8 Å². The average molecular weight is 335 g/mol. The summed E-state index contributed by atoms with van der Waals surface area (Å²) >= 11 is 0. The summed E-state index contributed by atoms with van der Waals surface area (Å²) in [4.78, 5) is 36.3. The van der Waals surface area contributed by atoms with Crippen molar-refractivity contribution in [3.63, 3.8) is 0 Å². The summed E-state index contributed by atoms with van der Waals surface area (Å²) in [6.07, 6.45) is -3.61. The van der Waals surface area contributed by atoms with Crippen LogP contribution in [0.15, 0.2) is 0 Å². The van der Waals surface area contributed by atoms with Crippen LogP contribution in [0, 0.1) is 11.3 Å². The molecule has 0 N–H and O–H groups in total. The highest BCUT2D eigenvalue weighted by Gasteiger charge is 2.60. The first-order chi connectivity index (χ1) is 10.6. The molecule has 2 amide bonds. The first-order valence-corrected chi connectivity index (χ1v) is 7.75. The maximum absolute atomic E-state index is 13.2. The lowest BCUT2D eigenvalue weighted by molar-refractivity contribution is -0.232. The number of hydrogen-bond acceptors (Lipinski definition) is 4. The molecule has 0 radical (unpaired) electrons. The Morgan fingerprint density at radius 3 is 2.26 bits per heavy atom. The van der Waals surface area contributed by atoms with Crippen LogP contribution in [0.5, 0.6) is 0 Å². The lowest BCUT2D eigenvalue weighted by atomic mass is 9.83. The van der Waals surface area contributed by atoms with Crippen LogP contribution in [0.4, 0.5) is 13.2 Å². The number of imide groups is 1. The summed E-state index contributed by atoms with van der Waals surface area (Å²) in [5.74, 6) is -2.93. The van der Waals surface area contributed by atoms with E-state index in [0.29, 0.717) is 17.7 Å². The van der Waals surface area contributed by atoms with E-state index in [4.69, 9.17) is 4.74 Å². The minimum absolute atomic E-state index is 0.248. The first-order valence-electron chi connectivity index (χ1n) is 7.75. The van der Waals surface area contributed by atoms with E-state index in [1.165, 1.54) is 6.92 Å². The molecule has 23 heavy (non-hydrogen) atoms. The number of esters is 1. The largest absolute Gasteiger partial charge is 0.440 e. The van der Waals surface area contributed by atoms with Crippen LogP contribution in [0.2, 0.25) is 0 Å². The minimum Gasteiger partial charge on any atom is -0.440 e. The van der Waals surface area contributed by atoms with Crippen molar-refractivity contribution in [3.8, 4) is 0 Å². The molecule has 2 fully saturated rings. The Morgan fingerprint density at radius 2 is 1.83 bits per heavy atom. The number of nitrogens with zero attached hydrogens (tertiary/aromatic N) is 1. The van der Waals surface area contributed by atoms with E-state index in [-0.39, 0.29) is 12.3 Å². The number of rotatable bonds is 4. The lowest BCUT2D eigenvalue weighted by Crippen LogP contribution is -2.63. The Balaban J connectivity index is 2.09. The maximum atomic E-state index is 13.2. The van der Waals surface area contributed by atoms with Gasteiger partial charge in [0.25, 0.3) is 0 Å². The van der Waals surface area contributed by atoms with Crippen LogP contribution in [-0.2, 0) is 19.1 Å². The SMILES string of the molecule is CCC(C)(C(=O)N1C(=O)CC1OC(=O)C1CCCC1)C(F)(F)F. The molecule has 1 aliphatic carbocycles. The quantitative estimate of drug-likeness (QED) is 0.585. The Labute approximate surface area is 132 Å². The second-order valence-electron chi connectivity index (χ2n) is 6.33. The number of hydrogen-bond donors (Lipinski definition) is 0. The van der Waals surface area contributed by atoms with Crippen molar-refractivity contribution in [1.82, 2.24) is 4.90 Å². The summed E-state index contributed by atoms with van der Waals surface area (Å²) in [5.41, 5.74) is -2.67. The lowest BCUT2D eigenvalue weighted by Gasteiger charge is -2.43. The van der Waals surface area contributed by atoms with Gasteiger partial charge in [0.1, 0.15) is 5.41 Å². The standard InChI is InChI=1S/C15H20F3NO4/c1-3-14(2,15(16,17)18)13(22)19-10(20)8-11(19)23-12(21)9-6-4-5-7-9/h9,11H,3-8H2,1-2H3. The van der Waals surface area contributed by atoms with Crippen LogP contribution in [0.3, 0.4) is 0 Å². The number of carbonyl (C=O) groups excluding carboxylic acids is 3. The fourth-order valence-electron chi connectivity index (χ4n) is 2.86. The van der Waals surface area contributed by atoms with Gasteiger partial charge >= 0.3 is 12.1 Å². The van der Waals surface area contributed by atoms with Gasteiger partial charge in [-0.25, -0.2) is 4.90 Å². The number of alkyl halides is 3. The summed E-state index contributed by atoms with van der Waals surface area (Å²) in [7, 11) is 0. The van der Waals surface area contributed by atoms with Gasteiger partial charge in [0.15, 0.2) is 6.23 Å².